The minimum absolute atomic E-state index is 0.0290. The number of benzene rings is 2. The van der Waals surface area contributed by atoms with E-state index in [-0.39, 0.29) is 5.92 Å². The van der Waals surface area contributed by atoms with E-state index >= 15 is 0 Å². The summed E-state index contributed by atoms with van der Waals surface area (Å²) in [5.41, 5.74) is 4.48. The summed E-state index contributed by atoms with van der Waals surface area (Å²) in [5.74, 6) is 0.703. The molecule has 0 amide bonds. The van der Waals surface area contributed by atoms with E-state index in [0.29, 0.717) is 11.5 Å². The molecule has 0 bridgehead atoms. The molecule has 2 aromatic carbocycles. The highest BCUT2D eigenvalue weighted by molar-refractivity contribution is 5.52. The van der Waals surface area contributed by atoms with Gasteiger partial charge in [-0.25, -0.2) is 0 Å². The molecule has 0 heterocycles. The molecular formula is C38H62O2. The molecule has 0 unspecified atom stereocenters. The second-order valence-electron chi connectivity index (χ2n) is 12.3. The van der Waals surface area contributed by atoms with Gasteiger partial charge in [-0.05, 0) is 48.9 Å². The molecule has 2 heteroatoms. The predicted octanol–water partition coefficient (Wildman–Crippen LogP) is 12.2. The number of phenolic OH excluding ortho intramolecular Hbond substituents is 2. The van der Waals surface area contributed by atoms with Gasteiger partial charge in [-0.15, -0.1) is 0 Å². The third kappa shape index (κ3) is 13.1. The van der Waals surface area contributed by atoms with Crippen molar-refractivity contribution in [1.29, 1.82) is 0 Å². The number of rotatable bonds is 24. The molecule has 40 heavy (non-hydrogen) atoms. The average molecular weight is 551 g/mol. The third-order valence-electron chi connectivity index (χ3n) is 8.81. The van der Waals surface area contributed by atoms with Crippen LogP contribution in [0.3, 0.4) is 0 Å². The van der Waals surface area contributed by atoms with Crippen LogP contribution in [0, 0.1) is 0 Å². The Labute approximate surface area is 248 Å². The Bertz CT molecular complexity index is 829. The van der Waals surface area contributed by atoms with Crippen molar-refractivity contribution >= 4 is 0 Å². The van der Waals surface area contributed by atoms with Gasteiger partial charge >= 0.3 is 0 Å². The molecule has 0 aliphatic heterocycles. The van der Waals surface area contributed by atoms with Gasteiger partial charge in [-0.2, -0.15) is 0 Å². The van der Waals surface area contributed by atoms with Gasteiger partial charge < -0.3 is 10.2 Å². The Morgan fingerprint density at radius 3 is 1.07 bits per heavy atom. The SMILES string of the molecule is CCCCCCCCCCCCc1cccc(O)c1C(C)c1c(O)cccc1CCCCCCCCCCCC. The maximum absolute atomic E-state index is 10.9. The van der Waals surface area contributed by atoms with Gasteiger partial charge in [0, 0.05) is 17.0 Å². The molecule has 2 nitrogen and oxygen atoms in total. The lowest BCUT2D eigenvalue weighted by molar-refractivity contribution is 0.454. The minimum Gasteiger partial charge on any atom is -0.508 e. The lowest BCUT2D eigenvalue weighted by Crippen LogP contribution is -2.06. The molecular weight excluding hydrogens is 488 g/mol. The number of hydrogen-bond acceptors (Lipinski definition) is 2. The number of aryl methyl sites for hydroxylation is 2. The summed E-state index contributed by atoms with van der Waals surface area (Å²) >= 11 is 0. The molecule has 0 saturated heterocycles. The Morgan fingerprint density at radius 2 is 0.750 bits per heavy atom. The molecule has 2 N–H and O–H groups in total. The maximum Gasteiger partial charge on any atom is 0.119 e. The molecule has 2 aromatic rings. The monoisotopic (exact) mass is 550 g/mol. The zero-order valence-corrected chi connectivity index (χ0v) is 26.5. The predicted molar refractivity (Wildman–Crippen MR) is 175 cm³/mol. The van der Waals surface area contributed by atoms with Crippen LogP contribution in [0.2, 0.25) is 0 Å². The summed E-state index contributed by atoms with van der Waals surface area (Å²) in [6, 6.07) is 12.0. The Kier molecular flexibility index (Phi) is 18.6. The molecule has 0 saturated carbocycles. The van der Waals surface area contributed by atoms with Crippen LogP contribution in [0.4, 0.5) is 0 Å². The van der Waals surface area contributed by atoms with Crippen LogP contribution >= 0.6 is 0 Å². The first kappa shape index (κ1) is 34.2. The zero-order valence-electron chi connectivity index (χ0n) is 26.5. The standard InChI is InChI=1S/C38H62O2/c1-4-6-8-10-12-14-16-18-20-22-26-33-28-24-30-35(39)37(33)32(3)38-34(29-25-31-36(38)40)27-23-21-19-17-15-13-11-9-7-5-2/h24-25,28-32,39-40H,4-23,26-27H2,1-3H3. The molecule has 0 aromatic heterocycles. The van der Waals surface area contributed by atoms with Crippen LogP contribution in [0.1, 0.15) is 177 Å². The van der Waals surface area contributed by atoms with Gasteiger partial charge in [0.05, 0.1) is 0 Å². The molecule has 0 radical (unpaired) electrons. The van der Waals surface area contributed by atoms with E-state index in [9.17, 15) is 10.2 Å². The second kappa shape index (κ2) is 21.7. The maximum atomic E-state index is 10.9. The van der Waals surface area contributed by atoms with Crippen molar-refractivity contribution in [2.75, 3.05) is 0 Å². The summed E-state index contributed by atoms with van der Waals surface area (Å²) in [7, 11) is 0. The van der Waals surface area contributed by atoms with Crippen LogP contribution < -0.4 is 0 Å². The summed E-state index contributed by atoms with van der Waals surface area (Å²) in [6.07, 6.45) is 28.6. The highest BCUT2D eigenvalue weighted by Crippen LogP contribution is 2.40. The molecule has 2 rings (SSSR count). The van der Waals surface area contributed by atoms with E-state index < -0.39 is 0 Å². The first-order valence-electron chi connectivity index (χ1n) is 17.2. The quantitative estimate of drug-likeness (QED) is 0.128. The fourth-order valence-electron chi connectivity index (χ4n) is 6.38. The number of phenols is 2. The van der Waals surface area contributed by atoms with Crippen molar-refractivity contribution in [3.05, 3.63) is 58.7 Å². The van der Waals surface area contributed by atoms with Crippen molar-refractivity contribution in [3.63, 3.8) is 0 Å². The smallest absolute Gasteiger partial charge is 0.119 e. The fourth-order valence-corrected chi connectivity index (χ4v) is 6.38. The third-order valence-corrected chi connectivity index (χ3v) is 8.81. The Morgan fingerprint density at radius 1 is 0.450 bits per heavy atom. The van der Waals surface area contributed by atoms with Crippen LogP contribution in [0.15, 0.2) is 36.4 Å². The first-order chi connectivity index (χ1) is 19.6. The fraction of sp³-hybridized carbons (Fsp3) is 0.684. The Hall–Kier alpha value is -1.96. The van der Waals surface area contributed by atoms with Crippen molar-refractivity contribution in [2.45, 2.75) is 168 Å². The second-order valence-corrected chi connectivity index (χ2v) is 12.3. The van der Waals surface area contributed by atoms with E-state index in [1.54, 1.807) is 0 Å². The largest absolute Gasteiger partial charge is 0.508 e. The van der Waals surface area contributed by atoms with E-state index in [0.717, 1.165) is 36.8 Å². The van der Waals surface area contributed by atoms with Crippen LogP contribution in [0.5, 0.6) is 11.5 Å². The minimum atomic E-state index is -0.0290. The zero-order chi connectivity index (χ0) is 28.8. The summed E-state index contributed by atoms with van der Waals surface area (Å²) in [6.45, 7) is 6.72. The van der Waals surface area contributed by atoms with Gasteiger partial charge in [0.15, 0.2) is 0 Å². The molecule has 0 aliphatic rings. The molecule has 226 valence electrons. The van der Waals surface area contributed by atoms with E-state index in [1.807, 2.05) is 24.3 Å². The van der Waals surface area contributed by atoms with Gasteiger partial charge in [0.2, 0.25) is 0 Å². The lowest BCUT2D eigenvalue weighted by Gasteiger charge is -2.22. The average Bonchev–Trinajstić information content (AvgIpc) is 2.95. The van der Waals surface area contributed by atoms with E-state index in [4.69, 9.17) is 0 Å². The van der Waals surface area contributed by atoms with Gasteiger partial charge in [0.25, 0.3) is 0 Å². The Balaban J connectivity index is 1.86. The van der Waals surface area contributed by atoms with E-state index in [1.165, 1.54) is 127 Å². The van der Waals surface area contributed by atoms with Crippen molar-refractivity contribution in [3.8, 4) is 11.5 Å². The van der Waals surface area contributed by atoms with E-state index in [2.05, 4.69) is 32.9 Å². The van der Waals surface area contributed by atoms with Gasteiger partial charge in [0.1, 0.15) is 11.5 Å². The van der Waals surface area contributed by atoms with Crippen molar-refractivity contribution < 1.29 is 10.2 Å². The lowest BCUT2D eigenvalue weighted by atomic mass is 9.83. The van der Waals surface area contributed by atoms with Crippen molar-refractivity contribution in [2.24, 2.45) is 0 Å². The summed E-state index contributed by atoms with van der Waals surface area (Å²) in [4.78, 5) is 0. The number of hydrogen-bond donors (Lipinski definition) is 2. The highest BCUT2D eigenvalue weighted by Gasteiger charge is 2.22. The van der Waals surface area contributed by atoms with Crippen LogP contribution in [0.25, 0.3) is 0 Å². The summed E-state index contributed by atoms with van der Waals surface area (Å²) < 4.78 is 0. The van der Waals surface area contributed by atoms with Gasteiger partial charge in [-0.1, -0.05) is 161 Å². The number of unbranched alkanes of at least 4 members (excludes halogenated alkanes) is 18. The van der Waals surface area contributed by atoms with Crippen molar-refractivity contribution in [1.82, 2.24) is 0 Å². The molecule has 0 atom stereocenters. The normalized spacial score (nSPS) is 11.5. The first-order valence-corrected chi connectivity index (χ1v) is 17.2. The molecule has 0 aliphatic carbocycles. The molecule has 0 spiro atoms. The van der Waals surface area contributed by atoms with Crippen LogP contribution in [-0.2, 0) is 12.8 Å². The number of aromatic hydroxyl groups is 2. The van der Waals surface area contributed by atoms with Crippen LogP contribution in [-0.4, -0.2) is 10.2 Å². The highest BCUT2D eigenvalue weighted by atomic mass is 16.3. The topological polar surface area (TPSA) is 40.5 Å². The molecule has 0 fully saturated rings. The van der Waals surface area contributed by atoms with Gasteiger partial charge in [-0.3, -0.25) is 0 Å². The summed E-state index contributed by atoms with van der Waals surface area (Å²) in [5, 5.41) is 21.9.